The first-order valence-electron chi connectivity index (χ1n) is 5.29. The van der Waals surface area contributed by atoms with E-state index in [1.54, 1.807) is 0 Å². The summed E-state index contributed by atoms with van der Waals surface area (Å²) in [5, 5.41) is 1.32. The van der Waals surface area contributed by atoms with E-state index in [2.05, 4.69) is 0 Å². The van der Waals surface area contributed by atoms with Gasteiger partial charge in [0.1, 0.15) is 0 Å². The first-order chi connectivity index (χ1) is 9.35. The molecule has 0 bridgehead atoms. The van der Waals surface area contributed by atoms with Crippen LogP contribution in [0.1, 0.15) is 4.88 Å². The molecule has 1 aromatic carbocycles. The SMILES string of the molecule is NCc1cc(S(=O)(=O)Nc2ccc(F)c(F)c2F)cs1. The number of halogens is 3. The fraction of sp³-hybridized carbons (Fsp3) is 0.0909. The molecule has 0 spiro atoms. The molecular weight excluding hydrogens is 313 g/mol. The lowest BCUT2D eigenvalue weighted by Gasteiger charge is -2.08. The Hall–Kier alpha value is -1.58. The Kier molecular flexibility index (Phi) is 4.02. The van der Waals surface area contributed by atoms with Gasteiger partial charge in [0.2, 0.25) is 0 Å². The molecule has 0 radical (unpaired) electrons. The van der Waals surface area contributed by atoms with Gasteiger partial charge in [0, 0.05) is 16.8 Å². The second-order valence-corrected chi connectivity index (χ2v) is 6.46. The second kappa shape index (κ2) is 5.43. The van der Waals surface area contributed by atoms with Gasteiger partial charge in [0.15, 0.2) is 17.5 Å². The Morgan fingerprint density at radius 2 is 1.90 bits per heavy atom. The van der Waals surface area contributed by atoms with Crippen molar-refractivity contribution in [2.24, 2.45) is 5.73 Å². The molecule has 0 aliphatic rings. The largest absolute Gasteiger partial charge is 0.326 e. The molecule has 0 aliphatic heterocycles. The van der Waals surface area contributed by atoms with Gasteiger partial charge in [-0.15, -0.1) is 11.3 Å². The normalized spacial score (nSPS) is 11.6. The topological polar surface area (TPSA) is 72.2 Å². The highest BCUT2D eigenvalue weighted by molar-refractivity contribution is 7.92. The van der Waals surface area contributed by atoms with Gasteiger partial charge in [-0.3, -0.25) is 4.72 Å². The summed E-state index contributed by atoms with van der Waals surface area (Å²) in [5.41, 5.74) is 4.70. The van der Waals surface area contributed by atoms with Crippen molar-refractivity contribution in [2.45, 2.75) is 11.4 Å². The van der Waals surface area contributed by atoms with Gasteiger partial charge in [-0.1, -0.05) is 0 Å². The van der Waals surface area contributed by atoms with E-state index < -0.39 is 33.2 Å². The molecule has 0 saturated heterocycles. The maximum absolute atomic E-state index is 13.4. The summed E-state index contributed by atoms with van der Waals surface area (Å²) >= 11 is 1.12. The van der Waals surface area contributed by atoms with E-state index in [-0.39, 0.29) is 11.4 Å². The average Bonchev–Trinajstić information content (AvgIpc) is 2.89. The third kappa shape index (κ3) is 2.79. The maximum Gasteiger partial charge on any atom is 0.262 e. The smallest absolute Gasteiger partial charge is 0.262 e. The third-order valence-corrected chi connectivity index (χ3v) is 4.87. The van der Waals surface area contributed by atoms with Crippen LogP contribution < -0.4 is 10.5 Å². The molecule has 0 aliphatic carbocycles. The molecule has 0 unspecified atom stereocenters. The fourth-order valence-corrected chi connectivity index (χ4v) is 3.63. The molecule has 0 fully saturated rings. The zero-order chi connectivity index (χ0) is 14.9. The van der Waals surface area contributed by atoms with E-state index in [0.717, 1.165) is 17.4 Å². The molecule has 0 saturated carbocycles. The van der Waals surface area contributed by atoms with E-state index >= 15 is 0 Å². The summed E-state index contributed by atoms with van der Waals surface area (Å²) in [4.78, 5) is 0.503. The van der Waals surface area contributed by atoms with E-state index in [9.17, 15) is 21.6 Å². The van der Waals surface area contributed by atoms with Gasteiger partial charge >= 0.3 is 0 Å². The van der Waals surface area contributed by atoms with E-state index in [1.165, 1.54) is 11.4 Å². The average molecular weight is 322 g/mol. The number of benzene rings is 1. The lowest BCUT2D eigenvalue weighted by atomic mass is 10.3. The molecule has 108 valence electrons. The summed E-state index contributed by atoms with van der Waals surface area (Å²) in [7, 11) is -4.08. The van der Waals surface area contributed by atoms with Crippen LogP contribution in [-0.4, -0.2) is 8.42 Å². The van der Waals surface area contributed by atoms with E-state index in [4.69, 9.17) is 5.73 Å². The number of sulfonamides is 1. The zero-order valence-electron chi connectivity index (χ0n) is 9.86. The molecule has 0 amide bonds. The van der Waals surface area contributed by atoms with Gasteiger partial charge in [-0.25, -0.2) is 21.6 Å². The molecule has 1 heterocycles. The number of hydrogen-bond acceptors (Lipinski definition) is 4. The van der Waals surface area contributed by atoms with Crippen LogP contribution in [0.4, 0.5) is 18.9 Å². The molecule has 2 rings (SSSR count). The summed E-state index contributed by atoms with van der Waals surface area (Å²) in [6.45, 7) is 0.166. The van der Waals surface area contributed by atoms with Crippen molar-refractivity contribution in [3.05, 3.63) is 45.9 Å². The monoisotopic (exact) mass is 322 g/mol. The number of nitrogens with two attached hydrogens (primary N) is 1. The predicted octanol–water partition coefficient (Wildman–Crippen LogP) is 2.42. The van der Waals surface area contributed by atoms with Gasteiger partial charge in [-0.05, 0) is 18.2 Å². The molecule has 3 N–H and O–H groups in total. The minimum Gasteiger partial charge on any atom is -0.326 e. The molecule has 9 heteroatoms. The predicted molar refractivity (Wildman–Crippen MR) is 69.3 cm³/mol. The number of anilines is 1. The number of nitrogens with one attached hydrogen (secondary N) is 1. The number of hydrogen-bond donors (Lipinski definition) is 2. The lowest BCUT2D eigenvalue weighted by Crippen LogP contribution is -2.14. The standard InChI is InChI=1S/C11H9F3N2O2S2/c12-8-1-2-9(11(14)10(8)13)16-20(17,18)7-3-6(4-15)19-5-7/h1-3,5,16H,4,15H2. The Balaban J connectivity index is 2.36. The van der Waals surface area contributed by atoms with Gasteiger partial charge in [0.25, 0.3) is 10.0 Å². The van der Waals surface area contributed by atoms with E-state index in [0.29, 0.717) is 10.9 Å². The Morgan fingerprint density at radius 3 is 2.50 bits per heavy atom. The van der Waals surface area contributed by atoms with Crippen molar-refractivity contribution in [3.63, 3.8) is 0 Å². The Bertz CT molecular complexity index is 744. The van der Waals surface area contributed by atoms with Crippen LogP contribution in [0, 0.1) is 17.5 Å². The lowest BCUT2D eigenvalue weighted by molar-refractivity contribution is 0.449. The fourth-order valence-electron chi connectivity index (χ4n) is 1.42. The van der Waals surface area contributed by atoms with Crippen molar-refractivity contribution < 1.29 is 21.6 Å². The Labute approximate surface area is 117 Å². The van der Waals surface area contributed by atoms with Crippen molar-refractivity contribution in [3.8, 4) is 0 Å². The first kappa shape index (κ1) is 14.8. The first-order valence-corrected chi connectivity index (χ1v) is 7.65. The summed E-state index contributed by atoms with van der Waals surface area (Å²) in [6, 6.07) is 2.77. The van der Waals surface area contributed by atoms with Crippen LogP contribution in [0.3, 0.4) is 0 Å². The highest BCUT2D eigenvalue weighted by atomic mass is 32.2. The zero-order valence-corrected chi connectivity index (χ0v) is 11.5. The van der Waals surface area contributed by atoms with Gasteiger partial charge in [-0.2, -0.15) is 0 Å². The summed E-state index contributed by atoms with van der Waals surface area (Å²) < 4.78 is 65.0. The van der Waals surface area contributed by atoms with Crippen molar-refractivity contribution in [1.82, 2.24) is 0 Å². The number of thiophene rings is 1. The van der Waals surface area contributed by atoms with Crippen LogP contribution in [0.15, 0.2) is 28.5 Å². The Morgan fingerprint density at radius 1 is 1.20 bits per heavy atom. The van der Waals surface area contributed by atoms with Crippen LogP contribution in [-0.2, 0) is 16.6 Å². The van der Waals surface area contributed by atoms with Crippen LogP contribution in [0.25, 0.3) is 0 Å². The van der Waals surface area contributed by atoms with Crippen molar-refractivity contribution in [2.75, 3.05) is 4.72 Å². The molecule has 1 aromatic heterocycles. The van der Waals surface area contributed by atoms with Gasteiger partial charge < -0.3 is 5.73 Å². The highest BCUT2D eigenvalue weighted by Crippen LogP contribution is 2.25. The highest BCUT2D eigenvalue weighted by Gasteiger charge is 2.20. The third-order valence-electron chi connectivity index (χ3n) is 2.42. The van der Waals surface area contributed by atoms with Crippen LogP contribution in [0.5, 0.6) is 0 Å². The van der Waals surface area contributed by atoms with Crippen LogP contribution in [0.2, 0.25) is 0 Å². The molecule has 2 aromatic rings. The minimum atomic E-state index is -4.08. The molecular formula is C11H9F3N2O2S2. The second-order valence-electron chi connectivity index (χ2n) is 3.78. The quantitative estimate of drug-likeness (QED) is 0.849. The summed E-state index contributed by atoms with van der Waals surface area (Å²) in [6.07, 6.45) is 0. The molecule has 0 atom stereocenters. The minimum absolute atomic E-state index is 0.118. The van der Waals surface area contributed by atoms with Gasteiger partial charge in [0.05, 0.1) is 10.6 Å². The van der Waals surface area contributed by atoms with E-state index in [1.807, 2.05) is 4.72 Å². The van der Waals surface area contributed by atoms with Crippen molar-refractivity contribution >= 4 is 27.0 Å². The number of rotatable bonds is 4. The van der Waals surface area contributed by atoms with Crippen molar-refractivity contribution in [1.29, 1.82) is 0 Å². The molecule has 4 nitrogen and oxygen atoms in total. The molecule has 20 heavy (non-hydrogen) atoms. The van der Waals surface area contributed by atoms with Crippen LogP contribution >= 0.6 is 11.3 Å². The maximum atomic E-state index is 13.4. The summed E-state index contributed by atoms with van der Waals surface area (Å²) in [5.74, 6) is -4.73.